The van der Waals surface area contributed by atoms with Crippen LogP contribution in [0.3, 0.4) is 0 Å². The van der Waals surface area contributed by atoms with Crippen LogP contribution in [0.15, 0.2) is 22.7 Å². The van der Waals surface area contributed by atoms with Gasteiger partial charge in [-0.05, 0) is 28.9 Å². The van der Waals surface area contributed by atoms with Gasteiger partial charge in [0.2, 0.25) is 0 Å². The topological polar surface area (TPSA) is 54.7 Å². The molecule has 13 heavy (non-hydrogen) atoms. The van der Waals surface area contributed by atoms with E-state index in [-0.39, 0.29) is 6.04 Å². The quantitative estimate of drug-likeness (QED) is 0.803. The molecular weight excluding hydrogens is 230 g/mol. The Hall–Kier alpha value is -0.870. The number of H-pyrrole nitrogens is 1. The fourth-order valence-electron chi connectivity index (χ4n) is 1.37. The highest BCUT2D eigenvalue weighted by Gasteiger charge is 2.09. The number of aromatic amines is 1. The van der Waals surface area contributed by atoms with Gasteiger partial charge in [0.15, 0.2) is 0 Å². The molecule has 0 aliphatic rings. The summed E-state index contributed by atoms with van der Waals surface area (Å²) >= 11 is 3.44. The lowest BCUT2D eigenvalue weighted by Gasteiger charge is -2.00. The highest BCUT2D eigenvalue weighted by atomic mass is 79.9. The second-order valence-corrected chi connectivity index (χ2v) is 3.92. The maximum Gasteiger partial charge on any atom is 0.107 e. The van der Waals surface area contributed by atoms with Crippen molar-refractivity contribution in [2.24, 2.45) is 5.73 Å². The molecule has 1 unspecified atom stereocenters. The Morgan fingerprint density at radius 2 is 2.31 bits per heavy atom. The summed E-state index contributed by atoms with van der Waals surface area (Å²) in [5.74, 6) is 0. The first-order valence-corrected chi connectivity index (χ1v) is 4.87. The lowest BCUT2D eigenvalue weighted by molar-refractivity contribution is 0.779. The number of nitrogens with one attached hydrogen (secondary N) is 1. The molecule has 2 aromatic rings. The second kappa shape index (κ2) is 3.12. The fourth-order valence-corrected chi connectivity index (χ4v) is 1.82. The van der Waals surface area contributed by atoms with E-state index in [4.69, 9.17) is 5.73 Å². The minimum atomic E-state index is -0.0145. The van der Waals surface area contributed by atoms with Crippen molar-refractivity contribution in [2.45, 2.75) is 13.0 Å². The number of nitrogens with two attached hydrogens (primary N) is 1. The molecule has 0 aliphatic carbocycles. The average molecular weight is 240 g/mol. The number of hydrogen-bond acceptors (Lipinski definition) is 2. The monoisotopic (exact) mass is 239 g/mol. The number of rotatable bonds is 1. The Bertz CT molecular complexity index is 433. The van der Waals surface area contributed by atoms with E-state index in [1.165, 1.54) is 0 Å². The standard InChI is InChI=1S/C9H10BrN3/c1-5(11)8-6-3-2-4-7(10)9(6)13-12-8/h2-5H,11H2,1H3,(H,12,13). The van der Waals surface area contributed by atoms with E-state index in [1.807, 2.05) is 25.1 Å². The lowest BCUT2D eigenvalue weighted by Crippen LogP contribution is -2.05. The summed E-state index contributed by atoms with van der Waals surface area (Å²) < 4.78 is 0.994. The Morgan fingerprint density at radius 3 is 3.00 bits per heavy atom. The maximum atomic E-state index is 5.79. The van der Waals surface area contributed by atoms with E-state index in [9.17, 15) is 0 Å². The zero-order chi connectivity index (χ0) is 9.42. The number of aromatic nitrogens is 2. The highest BCUT2D eigenvalue weighted by Crippen LogP contribution is 2.26. The predicted molar refractivity (Wildman–Crippen MR) is 56.4 cm³/mol. The van der Waals surface area contributed by atoms with Crippen LogP contribution in [0.4, 0.5) is 0 Å². The van der Waals surface area contributed by atoms with Crippen molar-refractivity contribution in [2.75, 3.05) is 0 Å². The number of benzene rings is 1. The van der Waals surface area contributed by atoms with Crippen molar-refractivity contribution in [1.82, 2.24) is 10.2 Å². The normalized spacial score (nSPS) is 13.5. The van der Waals surface area contributed by atoms with Crippen LogP contribution in [0.5, 0.6) is 0 Å². The molecule has 0 saturated carbocycles. The summed E-state index contributed by atoms with van der Waals surface area (Å²) in [4.78, 5) is 0. The van der Waals surface area contributed by atoms with Gasteiger partial charge in [0.05, 0.1) is 5.69 Å². The van der Waals surface area contributed by atoms with Crippen LogP contribution in [0.25, 0.3) is 10.9 Å². The fraction of sp³-hybridized carbons (Fsp3) is 0.222. The first-order valence-electron chi connectivity index (χ1n) is 4.08. The lowest BCUT2D eigenvalue weighted by atomic mass is 10.1. The van der Waals surface area contributed by atoms with Gasteiger partial charge in [0, 0.05) is 15.9 Å². The Balaban J connectivity index is 2.75. The number of hydrogen-bond donors (Lipinski definition) is 2. The van der Waals surface area contributed by atoms with Crippen molar-refractivity contribution in [3.63, 3.8) is 0 Å². The van der Waals surface area contributed by atoms with Crippen LogP contribution in [-0.4, -0.2) is 10.2 Å². The van der Waals surface area contributed by atoms with Crippen LogP contribution in [-0.2, 0) is 0 Å². The van der Waals surface area contributed by atoms with E-state index < -0.39 is 0 Å². The molecule has 1 aromatic carbocycles. The van der Waals surface area contributed by atoms with Crippen LogP contribution in [0, 0.1) is 0 Å². The van der Waals surface area contributed by atoms with E-state index in [1.54, 1.807) is 0 Å². The number of para-hydroxylation sites is 1. The summed E-state index contributed by atoms with van der Waals surface area (Å²) in [7, 11) is 0. The van der Waals surface area contributed by atoms with Crippen molar-refractivity contribution < 1.29 is 0 Å². The molecule has 1 aromatic heterocycles. The Labute approximate surface area is 84.4 Å². The molecule has 68 valence electrons. The zero-order valence-corrected chi connectivity index (χ0v) is 8.80. The molecular formula is C9H10BrN3. The van der Waals surface area contributed by atoms with Crippen LogP contribution >= 0.6 is 15.9 Å². The molecule has 0 radical (unpaired) electrons. The summed E-state index contributed by atoms with van der Waals surface area (Å²) in [5.41, 5.74) is 7.71. The molecule has 0 spiro atoms. The molecule has 0 aliphatic heterocycles. The van der Waals surface area contributed by atoms with Gasteiger partial charge in [-0.15, -0.1) is 0 Å². The van der Waals surface area contributed by atoms with Crippen molar-refractivity contribution >= 4 is 26.8 Å². The van der Waals surface area contributed by atoms with Gasteiger partial charge in [0.25, 0.3) is 0 Å². The number of fused-ring (bicyclic) bond motifs is 1. The summed E-state index contributed by atoms with van der Waals surface area (Å²) in [6.07, 6.45) is 0. The second-order valence-electron chi connectivity index (χ2n) is 3.06. The van der Waals surface area contributed by atoms with Crippen molar-refractivity contribution in [1.29, 1.82) is 0 Å². The van der Waals surface area contributed by atoms with Crippen molar-refractivity contribution in [3.8, 4) is 0 Å². The molecule has 0 saturated heterocycles. The minimum absolute atomic E-state index is 0.0145. The van der Waals surface area contributed by atoms with E-state index in [0.29, 0.717) is 0 Å². The van der Waals surface area contributed by atoms with Crippen LogP contribution in [0.1, 0.15) is 18.7 Å². The summed E-state index contributed by atoms with van der Waals surface area (Å²) in [6.45, 7) is 1.94. The van der Waals surface area contributed by atoms with Crippen LogP contribution < -0.4 is 5.73 Å². The van der Waals surface area contributed by atoms with Gasteiger partial charge in [-0.25, -0.2) is 0 Å². The van der Waals surface area contributed by atoms with Gasteiger partial charge in [-0.2, -0.15) is 5.10 Å². The van der Waals surface area contributed by atoms with Gasteiger partial charge in [-0.3, -0.25) is 5.10 Å². The van der Waals surface area contributed by atoms with Gasteiger partial charge >= 0.3 is 0 Å². The van der Waals surface area contributed by atoms with Crippen LogP contribution in [0.2, 0.25) is 0 Å². The molecule has 2 rings (SSSR count). The van der Waals surface area contributed by atoms with E-state index >= 15 is 0 Å². The molecule has 1 atom stereocenters. The zero-order valence-electron chi connectivity index (χ0n) is 7.21. The number of nitrogens with zero attached hydrogens (tertiary/aromatic N) is 1. The third-order valence-corrected chi connectivity index (χ3v) is 2.66. The number of halogens is 1. The van der Waals surface area contributed by atoms with E-state index in [2.05, 4.69) is 26.1 Å². The van der Waals surface area contributed by atoms with Crippen molar-refractivity contribution in [3.05, 3.63) is 28.4 Å². The first kappa shape index (κ1) is 8.72. The highest BCUT2D eigenvalue weighted by molar-refractivity contribution is 9.10. The van der Waals surface area contributed by atoms with Gasteiger partial charge in [0.1, 0.15) is 5.52 Å². The molecule has 0 bridgehead atoms. The van der Waals surface area contributed by atoms with E-state index in [0.717, 1.165) is 21.1 Å². The largest absolute Gasteiger partial charge is 0.323 e. The minimum Gasteiger partial charge on any atom is -0.323 e. The molecule has 0 amide bonds. The first-order chi connectivity index (χ1) is 6.20. The third kappa shape index (κ3) is 1.36. The Morgan fingerprint density at radius 1 is 1.54 bits per heavy atom. The summed E-state index contributed by atoms with van der Waals surface area (Å²) in [6, 6.07) is 5.95. The molecule has 4 heteroatoms. The molecule has 0 fully saturated rings. The Kier molecular flexibility index (Phi) is 2.09. The molecule has 3 nitrogen and oxygen atoms in total. The predicted octanol–water partition coefficient (Wildman–Crippen LogP) is 2.35. The SMILES string of the molecule is CC(N)c1[nH]nc2c(Br)cccc12. The average Bonchev–Trinajstić information content (AvgIpc) is 2.48. The molecule has 3 N–H and O–H groups in total. The molecule has 1 heterocycles. The maximum absolute atomic E-state index is 5.79. The smallest absolute Gasteiger partial charge is 0.107 e. The van der Waals surface area contributed by atoms with Gasteiger partial charge < -0.3 is 5.73 Å². The van der Waals surface area contributed by atoms with Gasteiger partial charge in [-0.1, -0.05) is 12.1 Å². The summed E-state index contributed by atoms with van der Waals surface area (Å²) in [5, 5.41) is 8.22. The third-order valence-electron chi connectivity index (χ3n) is 2.02.